The molecule has 0 spiro atoms. The van der Waals surface area contributed by atoms with Crippen LogP contribution >= 0.6 is 0 Å². The molecule has 0 saturated heterocycles. The molecule has 5 rings (SSSR count). The third-order valence-corrected chi connectivity index (χ3v) is 7.08. The average molecular weight is 294 g/mol. The fourth-order valence-electron chi connectivity index (χ4n) is 6.34. The monoisotopic (exact) mass is 294 g/mol. The maximum absolute atomic E-state index is 12.4. The summed E-state index contributed by atoms with van der Waals surface area (Å²) in [6, 6.07) is 9.35. The zero-order valence-electron chi connectivity index (χ0n) is 13.2. The second-order valence-electron chi connectivity index (χ2n) is 8.22. The standard InChI is InChI=1S/C20H22O2/c1-20(2)17-13-10-14(18(17)20)16-12(13)8-9-15(16)22-19(21)11-6-4-3-5-7-11/h3-7,9,12-14,16-18H,8,10H2,1-2H3/t12-,13-,14+,16-,17-,18+/m0/s1. The van der Waals surface area contributed by atoms with Gasteiger partial charge in [-0.1, -0.05) is 32.0 Å². The number of carbonyl (C=O) groups is 1. The van der Waals surface area contributed by atoms with Gasteiger partial charge in [0.2, 0.25) is 0 Å². The van der Waals surface area contributed by atoms with Crippen molar-refractivity contribution in [3.8, 4) is 0 Å². The van der Waals surface area contributed by atoms with Crippen LogP contribution in [0, 0.1) is 40.9 Å². The van der Waals surface area contributed by atoms with E-state index in [0.717, 1.165) is 41.8 Å². The lowest BCUT2D eigenvalue weighted by atomic mass is 9.81. The number of fused-ring (bicyclic) bond motifs is 8. The Morgan fingerprint density at radius 3 is 2.59 bits per heavy atom. The highest BCUT2D eigenvalue weighted by atomic mass is 16.5. The van der Waals surface area contributed by atoms with Crippen molar-refractivity contribution in [2.24, 2.45) is 40.9 Å². The molecule has 6 atom stereocenters. The summed E-state index contributed by atoms with van der Waals surface area (Å²) in [6.07, 6.45) is 4.68. The normalized spacial score (nSPS) is 42.5. The van der Waals surface area contributed by atoms with Gasteiger partial charge in [0.25, 0.3) is 0 Å². The Balaban J connectivity index is 1.37. The Hall–Kier alpha value is -1.57. The smallest absolute Gasteiger partial charge is 0.343 e. The minimum absolute atomic E-state index is 0.193. The Morgan fingerprint density at radius 2 is 1.82 bits per heavy atom. The lowest BCUT2D eigenvalue weighted by Gasteiger charge is -2.26. The van der Waals surface area contributed by atoms with Gasteiger partial charge in [-0.25, -0.2) is 4.79 Å². The van der Waals surface area contributed by atoms with Crippen LogP contribution in [-0.4, -0.2) is 5.97 Å². The van der Waals surface area contributed by atoms with Crippen molar-refractivity contribution >= 4 is 5.97 Å². The van der Waals surface area contributed by atoms with Crippen LogP contribution in [0.15, 0.2) is 42.2 Å². The van der Waals surface area contributed by atoms with Gasteiger partial charge < -0.3 is 4.74 Å². The quantitative estimate of drug-likeness (QED) is 0.761. The molecule has 3 saturated carbocycles. The predicted molar refractivity (Wildman–Crippen MR) is 83.9 cm³/mol. The SMILES string of the molecule is CC1(C)[C@@H]2[C@@H]3C[C@@H]([C@@H]4CC=C(OC(=O)c5ccccc5)[C@H]34)[C@@H]21. The molecule has 2 heteroatoms. The first-order valence-corrected chi connectivity index (χ1v) is 8.56. The highest BCUT2D eigenvalue weighted by Gasteiger charge is 2.75. The van der Waals surface area contributed by atoms with Crippen LogP contribution in [0.25, 0.3) is 0 Å². The van der Waals surface area contributed by atoms with E-state index in [9.17, 15) is 4.79 Å². The second-order valence-corrected chi connectivity index (χ2v) is 8.22. The Kier molecular flexibility index (Phi) is 2.37. The first-order chi connectivity index (χ1) is 10.6. The fourth-order valence-corrected chi connectivity index (χ4v) is 6.34. The molecule has 0 radical (unpaired) electrons. The van der Waals surface area contributed by atoms with Gasteiger partial charge in [-0.15, -0.1) is 0 Å². The number of hydrogen-bond donors (Lipinski definition) is 0. The molecule has 2 bridgehead atoms. The number of esters is 1. The summed E-state index contributed by atoms with van der Waals surface area (Å²) >= 11 is 0. The molecule has 0 unspecified atom stereocenters. The van der Waals surface area contributed by atoms with E-state index in [2.05, 4.69) is 19.9 Å². The maximum atomic E-state index is 12.4. The summed E-state index contributed by atoms with van der Waals surface area (Å²) < 4.78 is 5.82. The summed E-state index contributed by atoms with van der Waals surface area (Å²) in [5.41, 5.74) is 1.19. The molecule has 2 nitrogen and oxygen atoms in total. The van der Waals surface area contributed by atoms with Crippen molar-refractivity contribution in [3.63, 3.8) is 0 Å². The Morgan fingerprint density at radius 1 is 1.09 bits per heavy atom. The number of rotatable bonds is 2. The van der Waals surface area contributed by atoms with E-state index in [4.69, 9.17) is 4.74 Å². The average Bonchev–Trinajstić information content (AvgIpc) is 2.95. The topological polar surface area (TPSA) is 26.3 Å². The number of benzene rings is 1. The molecule has 114 valence electrons. The van der Waals surface area contributed by atoms with E-state index < -0.39 is 0 Å². The van der Waals surface area contributed by atoms with Gasteiger partial charge in [0, 0.05) is 5.92 Å². The van der Waals surface area contributed by atoms with Gasteiger partial charge in [-0.05, 0) is 66.1 Å². The largest absolute Gasteiger partial charge is 0.427 e. The zero-order valence-corrected chi connectivity index (χ0v) is 13.2. The molecule has 0 aliphatic heterocycles. The van der Waals surface area contributed by atoms with Crippen molar-refractivity contribution in [2.45, 2.75) is 26.7 Å². The van der Waals surface area contributed by atoms with Crippen LogP contribution in [0.5, 0.6) is 0 Å². The lowest BCUT2D eigenvalue weighted by Crippen LogP contribution is -2.23. The van der Waals surface area contributed by atoms with Crippen LogP contribution < -0.4 is 0 Å². The summed E-state index contributed by atoms with van der Waals surface area (Å²) in [5, 5.41) is 0. The van der Waals surface area contributed by atoms with Crippen LogP contribution in [0.2, 0.25) is 0 Å². The second kappa shape index (κ2) is 4.04. The minimum atomic E-state index is -0.193. The first kappa shape index (κ1) is 12.9. The number of allylic oxidation sites excluding steroid dienone is 2. The van der Waals surface area contributed by atoms with E-state index in [1.165, 1.54) is 6.42 Å². The van der Waals surface area contributed by atoms with Crippen molar-refractivity contribution in [2.75, 3.05) is 0 Å². The molecule has 1 aromatic rings. The molecule has 0 aromatic heterocycles. The van der Waals surface area contributed by atoms with E-state index >= 15 is 0 Å². The third kappa shape index (κ3) is 1.48. The molecular weight excluding hydrogens is 272 g/mol. The highest BCUT2D eigenvalue weighted by Crippen LogP contribution is 2.80. The molecule has 0 amide bonds. The molecule has 4 aliphatic rings. The van der Waals surface area contributed by atoms with Crippen LogP contribution in [0.1, 0.15) is 37.0 Å². The van der Waals surface area contributed by atoms with E-state index in [0.29, 0.717) is 16.9 Å². The highest BCUT2D eigenvalue weighted by molar-refractivity contribution is 5.90. The molecule has 3 fully saturated rings. The molecule has 4 aliphatic carbocycles. The van der Waals surface area contributed by atoms with Crippen molar-refractivity contribution in [3.05, 3.63) is 47.7 Å². The van der Waals surface area contributed by atoms with Crippen molar-refractivity contribution in [1.82, 2.24) is 0 Å². The van der Waals surface area contributed by atoms with Gasteiger partial charge >= 0.3 is 5.97 Å². The Bertz CT molecular complexity index is 672. The van der Waals surface area contributed by atoms with Gasteiger partial charge in [-0.3, -0.25) is 0 Å². The maximum Gasteiger partial charge on any atom is 0.343 e. The summed E-state index contributed by atoms with van der Waals surface area (Å²) in [7, 11) is 0. The number of hydrogen-bond acceptors (Lipinski definition) is 2. The molecular formula is C20H22O2. The Labute approximate surface area is 131 Å². The van der Waals surface area contributed by atoms with Crippen LogP contribution in [-0.2, 0) is 4.74 Å². The minimum Gasteiger partial charge on any atom is -0.427 e. The van der Waals surface area contributed by atoms with E-state index in [1.807, 2.05) is 30.3 Å². The zero-order chi connectivity index (χ0) is 15.1. The summed E-state index contributed by atoms with van der Waals surface area (Å²) in [6.45, 7) is 4.86. The number of ether oxygens (including phenoxy) is 1. The van der Waals surface area contributed by atoms with E-state index in [1.54, 1.807) is 0 Å². The van der Waals surface area contributed by atoms with Gasteiger partial charge in [0.05, 0.1) is 5.56 Å². The van der Waals surface area contributed by atoms with Crippen molar-refractivity contribution < 1.29 is 9.53 Å². The van der Waals surface area contributed by atoms with E-state index in [-0.39, 0.29) is 5.97 Å². The predicted octanol–water partition coefficient (Wildman–Crippen LogP) is 4.29. The molecule has 0 heterocycles. The van der Waals surface area contributed by atoms with Gasteiger partial charge in [0.1, 0.15) is 5.76 Å². The van der Waals surface area contributed by atoms with Crippen LogP contribution in [0.3, 0.4) is 0 Å². The van der Waals surface area contributed by atoms with Crippen molar-refractivity contribution in [1.29, 1.82) is 0 Å². The first-order valence-electron chi connectivity index (χ1n) is 8.56. The lowest BCUT2D eigenvalue weighted by molar-refractivity contribution is 0.0556. The fraction of sp³-hybridized carbons (Fsp3) is 0.550. The summed E-state index contributed by atoms with van der Waals surface area (Å²) in [5.74, 6) is 5.49. The molecule has 22 heavy (non-hydrogen) atoms. The number of carbonyl (C=O) groups excluding carboxylic acids is 1. The van der Waals surface area contributed by atoms with Crippen LogP contribution in [0.4, 0.5) is 0 Å². The van der Waals surface area contributed by atoms with Gasteiger partial charge in [0.15, 0.2) is 0 Å². The molecule has 0 N–H and O–H groups in total. The summed E-state index contributed by atoms with van der Waals surface area (Å²) in [4.78, 5) is 12.4. The molecule has 1 aromatic carbocycles. The third-order valence-electron chi connectivity index (χ3n) is 7.08. The van der Waals surface area contributed by atoms with Gasteiger partial charge in [-0.2, -0.15) is 0 Å².